The molecule has 1 amide bonds. The number of hydrogen-bond acceptors (Lipinski definition) is 6. The molecule has 2 aliphatic heterocycles. The van der Waals surface area contributed by atoms with E-state index in [4.69, 9.17) is 4.18 Å². The second-order valence-electron chi connectivity index (χ2n) is 6.95. The number of fused-ring (bicyclic) bond motifs is 1. The summed E-state index contributed by atoms with van der Waals surface area (Å²) in [6, 6.07) is 1.81. The highest BCUT2D eigenvalue weighted by atomic mass is 32.2. The minimum absolute atomic E-state index is 0.146. The fourth-order valence-corrected chi connectivity index (χ4v) is 3.89. The van der Waals surface area contributed by atoms with Crippen LogP contribution in [0.2, 0.25) is 0 Å². The van der Waals surface area contributed by atoms with Gasteiger partial charge in [-0.3, -0.25) is 8.98 Å². The molecule has 24 heavy (non-hydrogen) atoms. The minimum atomic E-state index is -3.57. The van der Waals surface area contributed by atoms with E-state index < -0.39 is 10.1 Å². The number of anilines is 1. The molecule has 1 N–H and O–H groups in total. The van der Waals surface area contributed by atoms with Crippen molar-refractivity contribution in [3.63, 3.8) is 0 Å². The molecule has 2 aliphatic rings. The normalized spacial score (nSPS) is 24.0. The van der Waals surface area contributed by atoms with Crippen LogP contribution >= 0.6 is 0 Å². The lowest BCUT2D eigenvalue weighted by Crippen LogP contribution is -2.39. The van der Waals surface area contributed by atoms with Crippen molar-refractivity contribution in [1.82, 2.24) is 10.3 Å². The fourth-order valence-electron chi connectivity index (χ4n) is 3.57. The first kappa shape index (κ1) is 17.2. The zero-order valence-corrected chi connectivity index (χ0v) is 15.0. The first-order chi connectivity index (χ1) is 11.2. The number of carbonyl (C=O) groups excluding carboxylic acids is 1. The zero-order chi connectivity index (χ0) is 17.5. The number of amides is 1. The molecule has 0 radical (unpaired) electrons. The van der Waals surface area contributed by atoms with E-state index in [2.05, 4.69) is 29.0 Å². The molecule has 0 aliphatic carbocycles. The van der Waals surface area contributed by atoms with Crippen LogP contribution < -0.4 is 10.2 Å². The lowest BCUT2D eigenvalue weighted by Gasteiger charge is -2.36. The Balaban J connectivity index is 1.95. The second kappa shape index (κ2) is 6.33. The van der Waals surface area contributed by atoms with E-state index in [1.165, 1.54) is 6.42 Å². The van der Waals surface area contributed by atoms with Crippen molar-refractivity contribution in [2.24, 2.45) is 11.8 Å². The Morgan fingerprint density at radius 3 is 2.62 bits per heavy atom. The molecular weight excluding hydrogens is 330 g/mol. The van der Waals surface area contributed by atoms with Gasteiger partial charge in [-0.05, 0) is 24.3 Å². The van der Waals surface area contributed by atoms with Crippen LogP contribution in [0.4, 0.5) is 5.82 Å². The lowest BCUT2D eigenvalue weighted by molar-refractivity contribution is 0.0965. The van der Waals surface area contributed by atoms with Crippen LogP contribution in [0.25, 0.3) is 0 Å². The van der Waals surface area contributed by atoms with Crippen LogP contribution in [-0.4, -0.2) is 38.7 Å². The van der Waals surface area contributed by atoms with Crippen molar-refractivity contribution in [2.45, 2.75) is 33.4 Å². The van der Waals surface area contributed by atoms with E-state index in [1.54, 1.807) is 0 Å². The topological polar surface area (TPSA) is 88.6 Å². The van der Waals surface area contributed by atoms with Crippen LogP contribution in [0.1, 0.15) is 41.9 Å². The summed E-state index contributed by atoms with van der Waals surface area (Å²) in [5.41, 5.74) is 1.81. The highest BCUT2D eigenvalue weighted by Gasteiger charge is 2.28. The summed E-state index contributed by atoms with van der Waals surface area (Å²) in [5, 5.41) is 2.77. The number of nitrogens with one attached hydrogen (secondary N) is 1. The van der Waals surface area contributed by atoms with Crippen LogP contribution in [0.5, 0.6) is 0 Å². The fraction of sp³-hybridized carbons (Fsp3) is 0.625. The van der Waals surface area contributed by atoms with Crippen LogP contribution in [-0.2, 0) is 27.5 Å². The molecule has 1 aromatic rings. The maximum absolute atomic E-state index is 12.1. The van der Waals surface area contributed by atoms with Crippen molar-refractivity contribution in [1.29, 1.82) is 0 Å². The van der Waals surface area contributed by atoms with Crippen LogP contribution in [0, 0.1) is 11.8 Å². The SMILES string of the molecule is CC1CC(C)CN(c2cc3c(c(COS(C)(=O)=O)n2)CNC3=O)C1. The highest BCUT2D eigenvalue weighted by molar-refractivity contribution is 7.85. The van der Waals surface area contributed by atoms with Gasteiger partial charge in [0.05, 0.1) is 11.9 Å². The number of rotatable bonds is 4. The summed E-state index contributed by atoms with van der Waals surface area (Å²) in [6.07, 6.45) is 2.18. The van der Waals surface area contributed by atoms with E-state index in [-0.39, 0.29) is 12.5 Å². The number of nitrogens with zero attached hydrogens (tertiary/aromatic N) is 2. The molecule has 0 spiro atoms. The highest BCUT2D eigenvalue weighted by Crippen LogP contribution is 2.29. The third kappa shape index (κ3) is 3.70. The number of hydrogen-bond donors (Lipinski definition) is 1. The summed E-state index contributed by atoms with van der Waals surface area (Å²) in [4.78, 5) is 18.9. The zero-order valence-electron chi connectivity index (χ0n) is 14.2. The molecule has 2 unspecified atom stereocenters. The van der Waals surface area contributed by atoms with Gasteiger partial charge >= 0.3 is 0 Å². The molecule has 0 bridgehead atoms. The average Bonchev–Trinajstić information content (AvgIpc) is 2.84. The monoisotopic (exact) mass is 353 g/mol. The van der Waals surface area contributed by atoms with E-state index >= 15 is 0 Å². The number of carbonyl (C=O) groups is 1. The number of aromatic nitrogens is 1. The van der Waals surface area contributed by atoms with Gasteiger partial charge in [0.2, 0.25) is 0 Å². The average molecular weight is 353 g/mol. The predicted molar refractivity (Wildman–Crippen MR) is 90.2 cm³/mol. The lowest BCUT2D eigenvalue weighted by atomic mass is 9.92. The quantitative estimate of drug-likeness (QED) is 0.821. The maximum Gasteiger partial charge on any atom is 0.264 e. The molecule has 3 rings (SSSR count). The first-order valence-electron chi connectivity index (χ1n) is 8.13. The molecule has 3 heterocycles. The van der Waals surface area contributed by atoms with Gasteiger partial charge in [-0.2, -0.15) is 8.42 Å². The standard InChI is InChI=1S/C16H23N3O4S/c1-10-4-11(2)8-19(7-10)15-5-12-13(6-17-16(12)20)14(18-15)9-23-24(3,21)22/h5,10-11H,4,6-9H2,1-3H3,(H,17,20). The van der Waals surface area contributed by atoms with E-state index in [0.717, 1.165) is 30.7 Å². The Morgan fingerprint density at radius 1 is 1.33 bits per heavy atom. The third-order valence-corrected chi connectivity index (χ3v) is 5.02. The van der Waals surface area contributed by atoms with Gasteiger partial charge in [-0.1, -0.05) is 13.8 Å². The Kier molecular flexibility index (Phi) is 4.52. The van der Waals surface area contributed by atoms with Crippen molar-refractivity contribution in [2.75, 3.05) is 24.2 Å². The van der Waals surface area contributed by atoms with Crippen molar-refractivity contribution < 1.29 is 17.4 Å². The molecule has 8 heteroatoms. The van der Waals surface area contributed by atoms with E-state index in [1.807, 2.05) is 6.07 Å². The van der Waals surface area contributed by atoms with Crippen molar-refractivity contribution >= 4 is 21.8 Å². The molecule has 0 aromatic carbocycles. The largest absolute Gasteiger partial charge is 0.356 e. The molecule has 1 fully saturated rings. The summed E-state index contributed by atoms with van der Waals surface area (Å²) >= 11 is 0. The van der Waals surface area contributed by atoms with Gasteiger partial charge in [0, 0.05) is 30.8 Å². The van der Waals surface area contributed by atoms with Crippen LogP contribution in [0.15, 0.2) is 6.07 Å². The van der Waals surface area contributed by atoms with Gasteiger partial charge in [-0.25, -0.2) is 4.98 Å². The second-order valence-corrected chi connectivity index (χ2v) is 8.60. The molecular formula is C16H23N3O4S. The summed E-state index contributed by atoms with van der Waals surface area (Å²) in [5.74, 6) is 1.67. The smallest absolute Gasteiger partial charge is 0.264 e. The van der Waals surface area contributed by atoms with Crippen molar-refractivity contribution in [3.05, 3.63) is 22.9 Å². The molecule has 7 nitrogen and oxygen atoms in total. The van der Waals surface area contributed by atoms with E-state index in [9.17, 15) is 13.2 Å². The van der Waals surface area contributed by atoms with Gasteiger partial charge in [0.25, 0.3) is 16.0 Å². The number of piperidine rings is 1. The van der Waals surface area contributed by atoms with Gasteiger partial charge in [0.15, 0.2) is 0 Å². The summed E-state index contributed by atoms with van der Waals surface area (Å²) < 4.78 is 27.5. The predicted octanol–water partition coefficient (Wildman–Crippen LogP) is 1.28. The Morgan fingerprint density at radius 2 is 2.00 bits per heavy atom. The Hall–Kier alpha value is -1.67. The summed E-state index contributed by atoms with van der Waals surface area (Å²) in [7, 11) is -3.57. The van der Waals surface area contributed by atoms with Gasteiger partial charge in [-0.15, -0.1) is 0 Å². The molecule has 0 saturated carbocycles. The van der Waals surface area contributed by atoms with Crippen LogP contribution in [0.3, 0.4) is 0 Å². The minimum Gasteiger partial charge on any atom is -0.356 e. The Labute approximate surface area is 142 Å². The third-order valence-electron chi connectivity index (χ3n) is 4.47. The number of pyridine rings is 1. The van der Waals surface area contributed by atoms with Crippen molar-refractivity contribution in [3.8, 4) is 0 Å². The molecule has 1 saturated heterocycles. The molecule has 2 atom stereocenters. The van der Waals surface area contributed by atoms with E-state index in [0.29, 0.717) is 29.6 Å². The molecule has 1 aromatic heterocycles. The first-order valence-corrected chi connectivity index (χ1v) is 9.95. The van der Waals surface area contributed by atoms with Gasteiger partial charge in [0.1, 0.15) is 12.4 Å². The summed E-state index contributed by atoms with van der Waals surface area (Å²) in [6.45, 7) is 6.38. The Bertz CT molecular complexity index is 753. The molecule has 132 valence electrons. The van der Waals surface area contributed by atoms with Gasteiger partial charge < -0.3 is 10.2 Å². The maximum atomic E-state index is 12.1.